The molecule has 11 nitrogen and oxygen atoms in total. The number of benzene rings is 2. The number of nitrogens with zero attached hydrogens (tertiary/aromatic N) is 4. The average molecular weight is 499 g/mol. The molecule has 0 spiro atoms. The first-order chi connectivity index (χ1) is 16.5. The number of carbonyl (C=O) groups excluding carboxylic acids is 1. The number of aryl methyl sites for hydroxylation is 1. The normalized spacial score (nSPS) is 12.1. The largest absolute Gasteiger partial charge is 0.507 e. The monoisotopic (exact) mass is 498 g/mol. The third-order valence-corrected chi connectivity index (χ3v) is 7.00. The number of hydrogen-bond acceptors (Lipinski definition) is 9. The van der Waals surface area contributed by atoms with Crippen LogP contribution in [-0.4, -0.2) is 47.1 Å². The first kappa shape index (κ1) is 25.7. The van der Waals surface area contributed by atoms with E-state index in [0.29, 0.717) is 6.54 Å². The third kappa shape index (κ3) is 5.27. The summed E-state index contributed by atoms with van der Waals surface area (Å²) in [7, 11) is -2.75. The maximum Gasteiger partial charge on any atom is 0.440 e. The van der Waals surface area contributed by atoms with Crippen LogP contribution in [0.1, 0.15) is 29.4 Å². The number of nitrogens with two attached hydrogens (primary N) is 1. The summed E-state index contributed by atoms with van der Waals surface area (Å²) in [4.78, 5) is 11.8. The molecule has 0 saturated carbocycles. The maximum absolute atomic E-state index is 12.7. The molecular formula is C23H26N6O5S. The van der Waals surface area contributed by atoms with Crippen molar-refractivity contribution in [3.8, 4) is 22.9 Å². The lowest BCUT2D eigenvalue weighted by molar-refractivity contribution is 0.0767. The Kier molecular flexibility index (Phi) is 7.45. The molecule has 0 aliphatic heterocycles. The number of ether oxygens (including phenoxy) is 1. The molecule has 4 N–H and O–H groups in total. The quantitative estimate of drug-likeness (QED) is 0.192. The molecule has 0 aliphatic carbocycles. The number of aromatic nitrogens is 2. The van der Waals surface area contributed by atoms with Crippen LogP contribution in [0.3, 0.4) is 0 Å². The van der Waals surface area contributed by atoms with Crippen molar-refractivity contribution in [2.45, 2.75) is 38.4 Å². The molecular weight excluding hydrogens is 472 g/mol. The van der Waals surface area contributed by atoms with Crippen molar-refractivity contribution in [1.29, 1.82) is 5.26 Å². The number of hydrazine groups is 1. The second-order valence-electron chi connectivity index (χ2n) is 7.81. The molecule has 0 saturated heterocycles. The summed E-state index contributed by atoms with van der Waals surface area (Å²) in [5.41, 5.74) is 4.08. The molecule has 1 aromatic heterocycles. The summed E-state index contributed by atoms with van der Waals surface area (Å²) in [6, 6.07) is 12.7. The number of hydrogen-bond donors (Lipinski definition) is 3. The van der Waals surface area contributed by atoms with E-state index in [-0.39, 0.29) is 20.6 Å². The molecule has 3 aromatic rings. The fraction of sp³-hybridized carbons (Fsp3) is 0.261. The van der Waals surface area contributed by atoms with Gasteiger partial charge in [-0.3, -0.25) is 10.00 Å². The van der Waals surface area contributed by atoms with E-state index in [0.717, 1.165) is 28.1 Å². The highest BCUT2D eigenvalue weighted by molar-refractivity contribution is 7.89. The Bertz CT molecular complexity index is 1390. The topological polar surface area (TPSA) is 164 Å². The van der Waals surface area contributed by atoms with Crippen molar-refractivity contribution in [3.05, 3.63) is 65.0 Å². The van der Waals surface area contributed by atoms with Gasteiger partial charge in [-0.1, -0.05) is 18.2 Å². The number of rotatable bonds is 7. The Balaban J connectivity index is 1.82. The minimum Gasteiger partial charge on any atom is -0.507 e. The molecule has 0 bridgehead atoms. The highest BCUT2D eigenvalue weighted by atomic mass is 32.2. The Morgan fingerprint density at radius 3 is 2.51 bits per heavy atom. The smallest absolute Gasteiger partial charge is 0.440 e. The zero-order valence-corrected chi connectivity index (χ0v) is 20.5. The average Bonchev–Trinajstić information content (AvgIpc) is 3.11. The number of amides is 1. The fourth-order valence-corrected chi connectivity index (χ4v) is 4.41. The van der Waals surface area contributed by atoms with Gasteiger partial charge < -0.3 is 9.84 Å². The van der Waals surface area contributed by atoms with E-state index in [9.17, 15) is 18.3 Å². The molecule has 2 aromatic carbocycles. The van der Waals surface area contributed by atoms with Crippen LogP contribution >= 0.6 is 0 Å². The van der Waals surface area contributed by atoms with E-state index in [2.05, 4.69) is 10.4 Å². The molecule has 0 aliphatic rings. The maximum atomic E-state index is 12.7. The van der Waals surface area contributed by atoms with Crippen LogP contribution < -0.4 is 11.2 Å². The van der Waals surface area contributed by atoms with Crippen LogP contribution in [0, 0.1) is 25.2 Å². The fourth-order valence-electron chi connectivity index (χ4n) is 3.46. The molecule has 1 amide bonds. The number of nitrogens with one attached hydrogen (secondary N) is 1. The summed E-state index contributed by atoms with van der Waals surface area (Å²) >= 11 is 0. The van der Waals surface area contributed by atoms with Crippen molar-refractivity contribution >= 4 is 16.1 Å². The Morgan fingerprint density at radius 2 is 1.94 bits per heavy atom. The Morgan fingerprint density at radius 1 is 1.29 bits per heavy atom. The number of carbonyl (C=O) groups is 1. The summed E-state index contributed by atoms with van der Waals surface area (Å²) in [6.45, 7) is 5.60. The minimum absolute atomic E-state index is 0.0656. The lowest BCUT2D eigenvalue weighted by Crippen LogP contribution is -2.45. The molecule has 184 valence electrons. The summed E-state index contributed by atoms with van der Waals surface area (Å²) in [5.74, 6) is 5.40. The van der Waals surface area contributed by atoms with Gasteiger partial charge in [-0.05, 0) is 63.2 Å². The van der Waals surface area contributed by atoms with Crippen LogP contribution in [-0.2, 0) is 21.3 Å². The first-order valence-corrected chi connectivity index (χ1v) is 12.0. The van der Waals surface area contributed by atoms with Crippen molar-refractivity contribution in [2.75, 3.05) is 7.05 Å². The van der Waals surface area contributed by atoms with Crippen LogP contribution in [0.2, 0.25) is 0 Å². The molecule has 0 radical (unpaired) electrons. The van der Waals surface area contributed by atoms with Gasteiger partial charge in [0, 0.05) is 11.3 Å². The van der Waals surface area contributed by atoms with Crippen molar-refractivity contribution < 1.29 is 23.1 Å². The van der Waals surface area contributed by atoms with Gasteiger partial charge in [0.25, 0.3) is 10.0 Å². The van der Waals surface area contributed by atoms with Crippen LogP contribution in [0.15, 0.2) is 47.4 Å². The van der Waals surface area contributed by atoms with Gasteiger partial charge in [0.15, 0.2) is 6.23 Å². The van der Waals surface area contributed by atoms with Crippen LogP contribution in [0.4, 0.5) is 4.79 Å². The lowest BCUT2D eigenvalue weighted by atomic mass is 10.0. The number of phenols is 1. The van der Waals surface area contributed by atoms with Gasteiger partial charge in [0.2, 0.25) is 0 Å². The second kappa shape index (κ2) is 10.1. The van der Waals surface area contributed by atoms with Gasteiger partial charge in [0.1, 0.15) is 11.8 Å². The van der Waals surface area contributed by atoms with E-state index in [4.69, 9.17) is 15.8 Å². The predicted octanol–water partition coefficient (Wildman–Crippen LogP) is 2.36. The summed E-state index contributed by atoms with van der Waals surface area (Å²) in [6.07, 6.45) is -1.93. The molecule has 1 atom stereocenters. The van der Waals surface area contributed by atoms with Crippen LogP contribution in [0.25, 0.3) is 11.1 Å². The third-order valence-electron chi connectivity index (χ3n) is 5.46. The van der Waals surface area contributed by atoms with Gasteiger partial charge in [-0.25, -0.2) is 10.6 Å². The highest BCUT2D eigenvalue weighted by Crippen LogP contribution is 2.31. The minimum atomic E-state index is -4.30. The number of aromatic hydroxyl groups is 1. The van der Waals surface area contributed by atoms with Crippen LogP contribution in [0.5, 0.6) is 5.75 Å². The summed E-state index contributed by atoms with van der Waals surface area (Å²) < 4.78 is 32.0. The van der Waals surface area contributed by atoms with Gasteiger partial charge >= 0.3 is 6.09 Å². The van der Waals surface area contributed by atoms with E-state index in [1.807, 2.05) is 19.9 Å². The molecule has 1 heterocycles. The standard InChI is InChI=1S/C23H26N6O5S/c1-14-22(18-7-8-19(12-24)21(30)11-18)15(2)28(27-14)13-17-5-9-20(10-6-17)35(32,33)29(25)23(31)34-16(3)26-4/h5-11,16,26,30H,13,25H2,1-4H3. The summed E-state index contributed by atoms with van der Waals surface area (Å²) in [5, 5.41) is 26.3. The van der Waals surface area contributed by atoms with Gasteiger partial charge in [0.05, 0.1) is 22.7 Å². The molecule has 3 rings (SSSR count). The highest BCUT2D eigenvalue weighted by Gasteiger charge is 2.29. The zero-order chi connectivity index (χ0) is 25.9. The lowest BCUT2D eigenvalue weighted by Gasteiger charge is -2.19. The Labute approximate surface area is 203 Å². The predicted molar refractivity (Wildman–Crippen MR) is 127 cm³/mol. The SMILES string of the molecule is CNC(C)OC(=O)N(N)S(=O)(=O)c1ccc(Cn2nc(C)c(-c3ccc(C#N)c(O)c3)c2C)cc1. The number of nitriles is 1. The van der Waals surface area contributed by atoms with Crippen molar-refractivity contribution in [2.24, 2.45) is 5.84 Å². The van der Waals surface area contributed by atoms with Crippen molar-refractivity contribution in [1.82, 2.24) is 19.5 Å². The molecule has 12 heteroatoms. The van der Waals surface area contributed by atoms with E-state index in [1.165, 1.54) is 25.1 Å². The van der Waals surface area contributed by atoms with Gasteiger partial charge in [-0.2, -0.15) is 18.8 Å². The van der Waals surface area contributed by atoms with Crippen molar-refractivity contribution in [3.63, 3.8) is 0 Å². The second-order valence-corrected chi connectivity index (χ2v) is 9.62. The number of phenolic OH excluding ortho intramolecular Hbond substituents is 1. The Hall–Kier alpha value is -3.92. The first-order valence-electron chi connectivity index (χ1n) is 10.5. The van der Waals surface area contributed by atoms with Gasteiger partial charge in [-0.15, -0.1) is 4.41 Å². The molecule has 35 heavy (non-hydrogen) atoms. The number of sulfonamides is 1. The van der Waals surface area contributed by atoms with E-state index < -0.39 is 22.3 Å². The zero-order valence-electron chi connectivity index (χ0n) is 19.7. The molecule has 0 fully saturated rings. The molecule has 1 unspecified atom stereocenters. The van der Waals surface area contributed by atoms with E-state index in [1.54, 1.807) is 36.0 Å². The van der Waals surface area contributed by atoms with E-state index >= 15 is 0 Å².